The van der Waals surface area contributed by atoms with Crippen molar-refractivity contribution in [2.45, 2.75) is 43.9 Å². The van der Waals surface area contributed by atoms with E-state index >= 15 is 0 Å². The van der Waals surface area contributed by atoms with E-state index in [2.05, 4.69) is 10.2 Å². The molecule has 0 N–H and O–H groups in total. The van der Waals surface area contributed by atoms with Crippen LogP contribution >= 0.6 is 23.4 Å². The third kappa shape index (κ3) is 5.84. The topological polar surface area (TPSA) is 60.2 Å². The van der Waals surface area contributed by atoms with Crippen molar-refractivity contribution in [3.05, 3.63) is 65.4 Å². The third-order valence-electron chi connectivity index (χ3n) is 5.44. The number of hydrogen-bond acceptors (Lipinski definition) is 5. The van der Waals surface area contributed by atoms with E-state index in [0.29, 0.717) is 27.5 Å². The van der Waals surface area contributed by atoms with Crippen LogP contribution < -0.4 is 4.74 Å². The number of carbonyl (C=O) groups excluding carboxylic acids is 1. The van der Waals surface area contributed by atoms with Gasteiger partial charge in [0.05, 0.1) is 10.8 Å². The molecule has 0 spiro atoms. The maximum absolute atomic E-state index is 12.8. The smallest absolute Gasteiger partial charge is 0.233 e. The van der Waals surface area contributed by atoms with Gasteiger partial charge in [0.2, 0.25) is 5.91 Å². The molecule has 1 saturated heterocycles. The maximum Gasteiger partial charge on any atom is 0.233 e. The van der Waals surface area contributed by atoms with Gasteiger partial charge >= 0.3 is 0 Å². The third-order valence-corrected chi connectivity index (χ3v) is 6.67. The van der Waals surface area contributed by atoms with Crippen molar-refractivity contribution in [1.82, 2.24) is 19.7 Å². The molecule has 0 atom stereocenters. The van der Waals surface area contributed by atoms with Gasteiger partial charge in [-0.1, -0.05) is 73.0 Å². The standard InChI is InChI=1S/C24H27ClN4O2S/c25-20-13-7-8-14-21(20)31-17-22-26-27-24(29(22)19-11-5-4-6-12-19)32-18-23(30)28-15-9-2-1-3-10-16-28/h4-8,11-14H,1-3,9-10,15-18H2. The molecule has 1 aromatic heterocycles. The van der Waals surface area contributed by atoms with Crippen molar-refractivity contribution in [3.8, 4) is 11.4 Å². The molecular weight excluding hydrogens is 444 g/mol. The second-order valence-corrected chi connectivity index (χ2v) is 9.08. The van der Waals surface area contributed by atoms with Crippen molar-refractivity contribution in [2.24, 2.45) is 0 Å². The Morgan fingerprint density at radius 3 is 2.38 bits per heavy atom. The molecule has 32 heavy (non-hydrogen) atoms. The lowest BCUT2D eigenvalue weighted by atomic mass is 10.1. The van der Waals surface area contributed by atoms with Crippen LogP contribution in [0.1, 0.15) is 37.9 Å². The van der Waals surface area contributed by atoms with Crippen LogP contribution in [0.15, 0.2) is 59.8 Å². The molecule has 2 aromatic carbocycles. The predicted octanol–water partition coefficient (Wildman–Crippen LogP) is 5.38. The Balaban J connectivity index is 1.49. The van der Waals surface area contributed by atoms with Crippen molar-refractivity contribution in [3.63, 3.8) is 0 Å². The lowest BCUT2D eigenvalue weighted by Gasteiger charge is -2.24. The summed E-state index contributed by atoms with van der Waals surface area (Å²) in [6, 6.07) is 17.2. The first-order valence-corrected chi connectivity index (χ1v) is 12.4. The molecule has 168 valence electrons. The average Bonchev–Trinajstić information content (AvgIpc) is 3.20. The van der Waals surface area contributed by atoms with Gasteiger partial charge in [0.25, 0.3) is 0 Å². The van der Waals surface area contributed by atoms with Gasteiger partial charge in [0, 0.05) is 18.8 Å². The molecule has 6 nitrogen and oxygen atoms in total. The minimum absolute atomic E-state index is 0.161. The monoisotopic (exact) mass is 470 g/mol. The van der Waals surface area contributed by atoms with Crippen molar-refractivity contribution in [2.75, 3.05) is 18.8 Å². The number of aromatic nitrogens is 3. The summed E-state index contributed by atoms with van der Waals surface area (Å²) in [6.45, 7) is 1.91. The van der Waals surface area contributed by atoms with E-state index in [1.165, 1.54) is 31.0 Å². The van der Waals surface area contributed by atoms with Crippen LogP contribution in [0.3, 0.4) is 0 Å². The first kappa shape index (κ1) is 22.7. The van der Waals surface area contributed by atoms with E-state index in [9.17, 15) is 4.79 Å². The highest BCUT2D eigenvalue weighted by Gasteiger charge is 2.19. The van der Waals surface area contributed by atoms with Crippen molar-refractivity contribution >= 4 is 29.3 Å². The lowest BCUT2D eigenvalue weighted by Crippen LogP contribution is -2.35. The number of carbonyl (C=O) groups is 1. The van der Waals surface area contributed by atoms with Crippen LogP contribution in [-0.2, 0) is 11.4 Å². The lowest BCUT2D eigenvalue weighted by molar-refractivity contribution is -0.128. The fraction of sp³-hybridized carbons (Fsp3) is 0.375. The maximum atomic E-state index is 12.8. The van der Waals surface area contributed by atoms with E-state index in [1.54, 1.807) is 6.07 Å². The van der Waals surface area contributed by atoms with E-state index in [-0.39, 0.29) is 12.5 Å². The molecule has 0 aliphatic carbocycles. The van der Waals surface area contributed by atoms with Crippen molar-refractivity contribution < 1.29 is 9.53 Å². The quantitative estimate of drug-likeness (QED) is 0.433. The summed E-state index contributed by atoms with van der Waals surface area (Å²) < 4.78 is 7.85. The summed E-state index contributed by atoms with van der Waals surface area (Å²) in [5.41, 5.74) is 0.927. The Morgan fingerprint density at radius 1 is 0.938 bits per heavy atom. The molecule has 1 fully saturated rings. The van der Waals surface area contributed by atoms with Crippen LogP contribution in [-0.4, -0.2) is 44.4 Å². The highest BCUT2D eigenvalue weighted by molar-refractivity contribution is 7.99. The number of amides is 1. The Morgan fingerprint density at radius 2 is 1.62 bits per heavy atom. The molecule has 0 unspecified atom stereocenters. The normalized spacial score (nSPS) is 14.6. The molecule has 1 aliphatic rings. The van der Waals surface area contributed by atoms with Crippen LogP contribution in [0.25, 0.3) is 5.69 Å². The minimum Gasteiger partial charge on any atom is -0.484 e. The second-order valence-electron chi connectivity index (χ2n) is 7.73. The summed E-state index contributed by atoms with van der Waals surface area (Å²) in [7, 11) is 0. The summed E-state index contributed by atoms with van der Waals surface area (Å²) in [5, 5.41) is 9.95. The first-order chi connectivity index (χ1) is 15.7. The summed E-state index contributed by atoms with van der Waals surface area (Å²) >= 11 is 7.64. The number of para-hydroxylation sites is 2. The zero-order valence-corrected chi connectivity index (χ0v) is 19.5. The van der Waals surface area contributed by atoms with Gasteiger partial charge in [0.15, 0.2) is 11.0 Å². The number of likely N-dealkylation sites (tertiary alicyclic amines) is 1. The number of hydrogen-bond donors (Lipinski definition) is 0. The highest BCUT2D eigenvalue weighted by atomic mass is 35.5. The molecule has 0 radical (unpaired) electrons. The highest BCUT2D eigenvalue weighted by Crippen LogP contribution is 2.26. The average molecular weight is 471 g/mol. The molecule has 8 heteroatoms. The Hall–Kier alpha value is -2.51. The van der Waals surface area contributed by atoms with Crippen LogP contribution in [0.4, 0.5) is 0 Å². The van der Waals surface area contributed by atoms with Gasteiger partial charge in [0.1, 0.15) is 12.4 Å². The Labute approximate surface area is 197 Å². The fourth-order valence-electron chi connectivity index (χ4n) is 3.74. The van der Waals surface area contributed by atoms with Crippen LogP contribution in [0, 0.1) is 0 Å². The molecule has 0 bridgehead atoms. The van der Waals surface area contributed by atoms with Gasteiger partial charge in [-0.3, -0.25) is 9.36 Å². The predicted molar refractivity (Wildman–Crippen MR) is 128 cm³/mol. The summed E-state index contributed by atoms with van der Waals surface area (Å²) in [5.74, 6) is 1.75. The first-order valence-electron chi connectivity index (χ1n) is 11.0. The minimum atomic E-state index is 0.161. The Kier molecular flexibility index (Phi) is 8.07. The van der Waals surface area contributed by atoms with Gasteiger partial charge in [-0.05, 0) is 37.1 Å². The van der Waals surface area contributed by atoms with E-state index in [4.69, 9.17) is 16.3 Å². The fourth-order valence-corrected chi connectivity index (χ4v) is 4.81. The molecule has 0 saturated carbocycles. The number of nitrogens with zero attached hydrogens (tertiary/aromatic N) is 4. The second kappa shape index (κ2) is 11.4. The van der Waals surface area contributed by atoms with E-state index in [1.807, 2.05) is 58.0 Å². The van der Waals surface area contributed by atoms with Gasteiger partial charge in [-0.25, -0.2) is 0 Å². The molecular formula is C24H27ClN4O2S. The SMILES string of the molecule is O=C(CSc1nnc(COc2ccccc2Cl)n1-c1ccccc1)N1CCCCCCC1. The Bertz CT molecular complexity index is 1020. The largest absolute Gasteiger partial charge is 0.484 e. The summed E-state index contributed by atoms with van der Waals surface area (Å²) in [4.78, 5) is 14.8. The van der Waals surface area contributed by atoms with E-state index < -0.39 is 0 Å². The number of benzene rings is 2. The van der Waals surface area contributed by atoms with Gasteiger partial charge in [-0.2, -0.15) is 0 Å². The zero-order valence-electron chi connectivity index (χ0n) is 18.0. The number of halogens is 1. The zero-order chi connectivity index (χ0) is 22.2. The van der Waals surface area contributed by atoms with E-state index in [0.717, 1.165) is 31.6 Å². The number of ether oxygens (including phenoxy) is 1. The number of rotatable bonds is 7. The molecule has 3 aromatic rings. The van der Waals surface area contributed by atoms with Gasteiger partial charge in [-0.15, -0.1) is 10.2 Å². The molecule has 2 heterocycles. The van der Waals surface area contributed by atoms with Gasteiger partial charge < -0.3 is 9.64 Å². The van der Waals surface area contributed by atoms with Crippen LogP contribution in [0.2, 0.25) is 5.02 Å². The molecule has 4 rings (SSSR count). The van der Waals surface area contributed by atoms with Crippen molar-refractivity contribution in [1.29, 1.82) is 0 Å². The molecule has 1 amide bonds. The number of thioether (sulfide) groups is 1. The molecule has 1 aliphatic heterocycles. The van der Waals surface area contributed by atoms with Crippen LogP contribution in [0.5, 0.6) is 5.75 Å². The summed E-state index contributed by atoms with van der Waals surface area (Å²) in [6.07, 6.45) is 5.85.